The summed E-state index contributed by atoms with van der Waals surface area (Å²) < 4.78 is 36.7. The first-order valence-electron chi connectivity index (χ1n) is 8.43. The van der Waals surface area contributed by atoms with Crippen molar-refractivity contribution in [2.24, 2.45) is 0 Å². The second-order valence-electron chi connectivity index (χ2n) is 6.01. The van der Waals surface area contributed by atoms with Crippen LogP contribution in [0.4, 0.5) is 0 Å². The molecule has 1 aromatic rings. The molecule has 0 aliphatic carbocycles. The van der Waals surface area contributed by atoms with Crippen molar-refractivity contribution < 1.29 is 22.4 Å². The topological polar surface area (TPSA) is 88.9 Å². The van der Waals surface area contributed by atoms with E-state index < -0.39 is 10.0 Å². The predicted octanol–water partition coefficient (Wildman–Crippen LogP) is 2.00. The number of sulfonamides is 1. The summed E-state index contributed by atoms with van der Waals surface area (Å²) in [6.07, 6.45) is 4.19. The summed E-state index contributed by atoms with van der Waals surface area (Å²) in [5.41, 5.74) is 0. The molecule has 2 rings (SSSR count). The van der Waals surface area contributed by atoms with E-state index in [1.165, 1.54) is 16.4 Å². The lowest BCUT2D eigenvalue weighted by atomic mass is 10.1. The highest BCUT2D eigenvalue weighted by atomic mass is 32.2. The normalized spacial score (nSPS) is 17.6. The van der Waals surface area contributed by atoms with Crippen LogP contribution < -0.4 is 5.32 Å². The lowest BCUT2D eigenvalue weighted by molar-refractivity contribution is 0.0722. The Bertz CT molecular complexity index is 635. The maximum Gasteiger partial charge on any atom is 0.287 e. The number of nitrogens with one attached hydrogen (secondary N) is 1. The van der Waals surface area contributed by atoms with Crippen molar-refractivity contribution in [3.8, 4) is 0 Å². The fourth-order valence-electron chi connectivity index (χ4n) is 2.56. The van der Waals surface area contributed by atoms with Gasteiger partial charge in [-0.2, -0.15) is 4.31 Å². The van der Waals surface area contributed by atoms with Crippen LogP contribution in [-0.2, 0) is 14.8 Å². The van der Waals surface area contributed by atoms with Crippen LogP contribution in [0, 0.1) is 0 Å². The van der Waals surface area contributed by atoms with Crippen molar-refractivity contribution >= 4 is 15.9 Å². The molecule has 2 heterocycles. The molecule has 0 radical (unpaired) electrons. The molecule has 0 bridgehead atoms. The number of amides is 1. The maximum atomic E-state index is 12.5. The molecule has 1 aliphatic rings. The van der Waals surface area contributed by atoms with Crippen molar-refractivity contribution in [3.05, 3.63) is 17.9 Å². The van der Waals surface area contributed by atoms with Gasteiger partial charge in [-0.05, 0) is 25.5 Å². The van der Waals surface area contributed by atoms with E-state index in [0.29, 0.717) is 26.3 Å². The molecule has 1 aromatic heterocycles. The molecule has 0 saturated carbocycles. The van der Waals surface area contributed by atoms with E-state index in [9.17, 15) is 13.2 Å². The zero-order valence-electron chi connectivity index (χ0n) is 14.3. The van der Waals surface area contributed by atoms with Gasteiger partial charge >= 0.3 is 0 Å². The Hall–Kier alpha value is -1.38. The number of furan rings is 1. The lowest BCUT2D eigenvalue weighted by Crippen LogP contribution is -2.40. The number of rotatable bonds is 8. The third-order valence-electron chi connectivity index (χ3n) is 3.99. The molecule has 1 aliphatic heterocycles. The number of carbonyl (C=O) groups excluding carboxylic acids is 1. The average Bonchev–Trinajstić information content (AvgIpc) is 3.07. The number of unbranched alkanes of at least 4 members (excludes halogenated alkanes) is 2. The number of carbonyl (C=O) groups is 1. The minimum absolute atomic E-state index is 0.0178. The molecular formula is C16H26N2O5S. The van der Waals surface area contributed by atoms with Crippen LogP contribution >= 0.6 is 0 Å². The number of hydrogen-bond acceptors (Lipinski definition) is 5. The molecule has 1 fully saturated rings. The molecule has 1 unspecified atom stereocenters. The van der Waals surface area contributed by atoms with E-state index in [4.69, 9.17) is 9.15 Å². The Balaban J connectivity index is 1.97. The zero-order chi connectivity index (χ0) is 17.6. The van der Waals surface area contributed by atoms with E-state index in [1.54, 1.807) is 0 Å². The number of hydrogen-bond donors (Lipinski definition) is 1. The van der Waals surface area contributed by atoms with Crippen molar-refractivity contribution in [2.75, 3.05) is 26.3 Å². The highest BCUT2D eigenvalue weighted by Gasteiger charge is 2.30. The van der Waals surface area contributed by atoms with Crippen molar-refractivity contribution in [2.45, 2.75) is 50.7 Å². The highest BCUT2D eigenvalue weighted by Crippen LogP contribution is 2.20. The molecular weight excluding hydrogens is 332 g/mol. The van der Waals surface area contributed by atoms with Crippen LogP contribution in [-0.4, -0.2) is 51.0 Å². The molecule has 1 N–H and O–H groups in total. The first-order chi connectivity index (χ1) is 11.4. The summed E-state index contributed by atoms with van der Waals surface area (Å²) in [4.78, 5) is 12.2. The fourth-order valence-corrected chi connectivity index (χ4v) is 3.88. The summed E-state index contributed by atoms with van der Waals surface area (Å²) in [7, 11) is -3.71. The first kappa shape index (κ1) is 19.0. The van der Waals surface area contributed by atoms with Crippen molar-refractivity contribution in [1.29, 1.82) is 0 Å². The van der Waals surface area contributed by atoms with Gasteiger partial charge < -0.3 is 14.5 Å². The van der Waals surface area contributed by atoms with Gasteiger partial charge in [-0.15, -0.1) is 0 Å². The van der Waals surface area contributed by atoms with Crippen molar-refractivity contribution in [3.63, 3.8) is 0 Å². The third-order valence-corrected chi connectivity index (χ3v) is 5.76. The van der Waals surface area contributed by atoms with Gasteiger partial charge in [0.2, 0.25) is 5.09 Å². The maximum absolute atomic E-state index is 12.5. The van der Waals surface area contributed by atoms with Gasteiger partial charge in [0.1, 0.15) is 0 Å². The predicted molar refractivity (Wildman–Crippen MR) is 89.4 cm³/mol. The van der Waals surface area contributed by atoms with E-state index in [0.717, 1.165) is 25.7 Å². The van der Waals surface area contributed by atoms with E-state index >= 15 is 0 Å². The minimum atomic E-state index is -3.71. The zero-order valence-corrected chi connectivity index (χ0v) is 15.1. The Kier molecular flexibility index (Phi) is 6.82. The summed E-state index contributed by atoms with van der Waals surface area (Å²) in [6, 6.07) is 2.76. The summed E-state index contributed by atoms with van der Waals surface area (Å²) in [5, 5.41) is 2.64. The molecule has 1 amide bonds. The van der Waals surface area contributed by atoms with E-state index in [1.807, 2.05) is 6.92 Å². The van der Waals surface area contributed by atoms with Crippen LogP contribution in [0.25, 0.3) is 0 Å². The van der Waals surface area contributed by atoms with Crippen LogP contribution in [0.5, 0.6) is 0 Å². The second kappa shape index (κ2) is 8.64. The Morgan fingerprint density at radius 1 is 1.29 bits per heavy atom. The summed E-state index contributed by atoms with van der Waals surface area (Å²) in [5.74, 6) is -0.369. The molecule has 7 nitrogen and oxygen atoms in total. The number of ether oxygens (including phenoxy) is 1. The van der Waals surface area contributed by atoms with E-state index in [-0.39, 0.29) is 22.8 Å². The third kappa shape index (κ3) is 4.81. The van der Waals surface area contributed by atoms with Crippen LogP contribution in [0.3, 0.4) is 0 Å². The minimum Gasteiger partial charge on any atom is -0.438 e. The lowest BCUT2D eigenvalue weighted by Gasteiger charge is -2.24. The molecule has 24 heavy (non-hydrogen) atoms. The molecule has 0 aromatic carbocycles. The highest BCUT2D eigenvalue weighted by molar-refractivity contribution is 7.89. The molecule has 0 spiro atoms. The molecule has 1 atom stereocenters. The van der Waals surface area contributed by atoms with Gasteiger partial charge in [-0.1, -0.05) is 26.2 Å². The largest absolute Gasteiger partial charge is 0.438 e. The SMILES string of the molecule is CCCCCC(C)NC(=O)c1ccc(S(=O)(=O)N2CCOCC2)o1. The summed E-state index contributed by atoms with van der Waals surface area (Å²) >= 11 is 0. The first-order valence-corrected chi connectivity index (χ1v) is 9.87. The standard InChI is InChI=1S/C16H26N2O5S/c1-3-4-5-6-13(2)17-16(19)14-7-8-15(23-14)24(20,21)18-9-11-22-12-10-18/h7-8,13H,3-6,9-12H2,1-2H3,(H,17,19). The molecule has 1 saturated heterocycles. The number of morpholine rings is 1. The monoisotopic (exact) mass is 358 g/mol. The Labute approximate surface area is 143 Å². The molecule has 136 valence electrons. The Morgan fingerprint density at radius 3 is 2.67 bits per heavy atom. The van der Waals surface area contributed by atoms with Gasteiger partial charge in [0.25, 0.3) is 15.9 Å². The fraction of sp³-hybridized carbons (Fsp3) is 0.688. The van der Waals surface area contributed by atoms with Crippen LogP contribution in [0.2, 0.25) is 0 Å². The van der Waals surface area contributed by atoms with Crippen LogP contribution in [0.1, 0.15) is 50.1 Å². The van der Waals surface area contributed by atoms with Gasteiger partial charge in [-0.25, -0.2) is 8.42 Å². The Morgan fingerprint density at radius 2 is 2.00 bits per heavy atom. The van der Waals surface area contributed by atoms with Gasteiger partial charge in [0.05, 0.1) is 13.2 Å². The number of nitrogens with zero attached hydrogens (tertiary/aromatic N) is 1. The van der Waals surface area contributed by atoms with E-state index in [2.05, 4.69) is 12.2 Å². The van der Waals surface area contributed by atoms with Gasteiger partial charge in [0, 0.05) is 19.1 Å². The quantitative estimate of drug-likeness (QED) is 0.718. The summed E-state index contributed by atoms with van der Waals surface area (Å²) in [6.45, 7) is 5.37. The van der Waals surface area contributed by atoms with Gasteiger partial charge in [0.15, 0.2) is 5.76 Å². The van der Waals surface area contributed by atoms with Crippen LogP contribution in [0.15, 0.2) is 21.6 Å². The van der Waals surface area contributed by atoms with Crippen molar-refractivity contribution in [1.82, 2.24) is 9.62 Å². The van der Waals surface area contributed by atoms with Gasteiger partial charge in [-0.3, -0.25) is 4.79 Å². The average molecular weight is 358 g/mol. The second-order valence-corrected chi connectivity index (χ2v) is 7.87. The molecule has 8 heteroatoms. The smallest absolute Gasteiger partial charge is 0.287 e.